The summed E-state index contributed by atoms with van der Waals surface area (Å²) in [4.78, 5) is 0. The third kappa shape index (κ3) is 3.97. The van der Waals surface area contributed by atoms with E-state index in [1.165, 1.54) is 12.8 Å². The van der Waals surface area contributed by atoms with Gasteiger partial charge in [0.05, 0.1) is 5.60 Å². The van der Waals surface area contributed by atoms with Gasteiger partial charge >= 0.3 is 0 Å². The van der Waals surface area contributed by atoms with Gasteiger partial charge in [0.25, 0.3) is 0 Å². The van der Waals surface area contributed by atoms with Crippen LogP contribution in [0.15, 0.2) is 0 Å². The first-order chi connectivity index (χ1) is 6.52. The van der Waals surface area contributed by atoms with Gasteiger partial charge in [-0.15, -0.1) is 0 Å². The molecule has 0 aromatic heterocycles. The van der Waals surface area contributed by atoms with Crippen LogP contribution in [-0.4, -0.2) is 23.8 Å². The monoisotopic (exact) mass is 199 g/mol. The molecule has 1 aliphatic carbocycles. The minimum absolute atomic E-state index is 0.415. The number of rotatable bonds is 4. The molecule has 14 heavy (non-hydrogen) atoms. The predicted octanol–water partition coefficient (Wildman–Crippen LogP) is 2.17. The zero-order valence-electron chi connectivity index (χ0n) is 9.84. The highest BCUT2D eigenvalue weighted by atomic mass is 16.3. The van der Waals surface area contributed by atoms with E-state index in [1.54, 1.807) is 0 Å². The Morgan fingerprint density at radius 1 is 1.36 bits per heavy atom. The SMILES string of the molecule is CC(C)CNCC1(O)CCC(C)CC1. The van der Waals surface area contributed by atoms with E-state index >= 15 is 0 Å². The molecule has 1 rings (SSSR count). The van der Waals surface area contributed by atoms with Gasteiger partial charge in [0.2, 0.25) is 0 Å². The topological polar surface area (TPSA) is 32.3 Å². The van der Waals surface area contributed by atoms with Crippen LogP contribution in [0.4, 0.5) is 0 Å². The Labute approximate surface area is 88.1 Å². The molecule has 0 atom stereocenters. The second-order valence-electron chi connectivity index (χ2n) is 5.43. The molecule has 0 bridgehead atoms. The van der Waals surface area contributed by atoms with Crippen molar-refractivity contribution in [1.29, 1.82) is 0 Å². The smallest absolute Gasteiger partial charge is 0.0771 e. The second-order valence-corrected chi connectivity index (χ2v) is 5.43. The molecule has 0 radical (unpaired) electrons. The van der Waals surface area contributed by atoms with Crippen LogP contribution >= 0.6 is 0 Å². The minimum Gasteiger partial charge on any atom is -0.389 e. The number of hydrogen-bond acceptors (Lipinski definition) is 2. The zero-order chi connectivity index (χ0) is 10.6. The average molecular weight is 199 g/mol. The molecule has 0 aliphatic heterocycles. The molecule has 0 aromatic rings. The van der Waals surface area contributed by atoms with Crippen molar-refractivity contribution in [2.45, 2.75) is 52.1 Å². The molecular formula is C12H25NO. The molecule has 2 N–H and O–H groups in total. The normalized spacial score (nSPS) is 33.6. The van der Waals surface area contributed by atoms with Crippen LogP contribution in [0.3, 0.4) is 0 Å². The fourth-order valence-electron chi connectivity index (χ4n) is 2.07. The summed E-state index contributed by atoms with van der Waals surface area (Å²) in [7, 11) is 0. The molecule has 0 heterocycles. The van der Waals surface area contributed by atoms with Crippen molar-refractivity contribution < 1.29 is 5.11 Å². The molecule has 0 spiro atoms. The highest BCUT2D eigenvalue weighted by molar-refractivity contribution is 4.86. The lowest BCUT2D eigenvalue weighted by Crippen LogP contribution is -2.44. The number of nitrogens with one attached hydrogen (secondary N) is 1. The zero-order valence-corrected chi connectivity index (χ0v) is 9.84. The highest BCUT2D eigenvalue weighted by Gasteiger charge is 2.31. The molecule has 0 unspecified atom stereocenters. The van der Waals surface area contributed by atoms with Crippen molar-refractivity contribution in [3.8, 4) is 0 Å². The minimum atomic E-state index is -0.415. The Bertz CT molecular complexity index is 160. The van der Waals surface area contributed by atoms with Crippen LogP contribution in [0.1, 0.15) is 46.5 Å². The summed E-state index contributed by atoms with van der Waals surface area (Å²) in [5, 5.41) is 13.6. The van der Waals surface area contributed by atoms with Crippen molar-refractivity contribution in [3.05, 3.63) is 0 Å². The summed E-state index contributed by atoms with van der Waals surface area (Å²) < 4.78 is 0. The Morgan fingerprint density at radius 2 is 1.93 bits per heavy atom. The van der Waals surface area contributed by atoms with Crippen molar-refractivity contribution >= 4 is 0 Å². The third-order valence-electron chi connectivity index (χ3n) is 3.21. The average Bonchev–Trinajstić information content (AvgIpc) is 2.10. The lowest BCUT2D eigenvalue weighted by molar-refractivity contribution is -0.00637. The maximum Gasteiger partial charge on any atom is 0.0771 e. The summed E-state index contributed by atoms with van der Waals surface area (Å²) in [5.41, 5.74) is -0.415. The molecule has 0 amide bonds. The van der Waals surface area contributed by atoms with Crippen molar-refractivity contribution in [2.24, 2.45) is 11.8 Å². The Kier molecular flexibility index (Phi) is 4.39. The van der Waals surface area contributed by atoms with Gasteiger partial charge in [0.15, 0.2) is 0 Å². The largest absolute Gasteiger partial charge is 0.389 e. The summed E-state index contributed by atoms with van der Waals surface area (Å²) in [6.45, 7) is 8.46. The van der Waals surface area contributed by atoms with Gasteiger partial charge in [0.1, 0.15) is 0 Å². The van der Waals surface area contributed by atoms with E-state index in [1.807, 2.05) is 0 Å². The molecule has 0 aromatic carbocycles. The first-order valence-corrected chi connectivity index (χ1v) is 5.95. The van der Waals surface area contributed by atoms with E-state index in [4.69, 9.17) is 0 Å². The standard InChI is InChI=1S/C12H25NO/c1-10(2)8-13-9-12(14)6-4-11(3)5-7-12/h10-11,13-14H,4-9H2,1-3H3. The highest BCUT2D eigenvalue weighted by Crippen LogP contribution is 2.31. The van der Waals surface area contributed by atoms with E-state index in [2.05, 4.69) is 26.1 Å². The van der Waals surface area contributed by atoms with Crippen molar-refractivity contribution in [1.82, 2.24) is 5.32 Å². The van der Waals surface area contributed by atoms with E-state index < -0.39 is 5.60 Å². The lowest BCUT2D eigenvalue weighted by Gasteiger charge is -2.35. The van der Waals surface area contributed by atoms with Crippen molar-refractivity contribution in [3.63, 3.8) is 0 Å². The molecule has 84 valence electrons. The Morgan fingerprint density at radius 3 is 2.43 bits per heavy atom. The van der Waals surface area contributed by atoms with Gasteiger partial charge in [-0.25, -0.2) is 0 Å². The van der Waals surface area contributed by atoms with E-state index in [-0.39, 0.29) is 0 Å². The van der Waals surface area contributed by atoms with Gasteiger partial charge in [0, 0.05) is 6.54 Å². The lowest BCUT2D eigenvalue weighted by atomic mass is 9.79. The first kappa shape index (κ1) is 12.0. The Hall–Kier alpha value is -0.0800. The van der Waals surface area contributed by atoms with Gasteiger partial charge < -0.3 is 10.4 Å². The summed E-state index contributed by atoms with van der Waals surface area (Å²) in [6, 6.07) is 0. The molecule has 2 nitrogen and oxygen atoms in total. The maximum absolute atomic E-state index is 10.2. The second kappa shape index (κ2) is 5.13. The fraction of sp³-hybridized carbons (Fsp3) is 1.00. The summed E-state index contributed by atoms with van der Waals surface area (Å²) >= 11 is 0. The molecular weight excluding hydrogens is 174 g/mol. The van der Waals surface area contributed by atoms with Gasteiger partial charge in [-0.1, -0.05) is 20.8 Å². The van der Waals surface area contributed by atoms with Crippen LogP contribution in [0.25, 0.3) is 0 Å². The van der Waals surface area contributed by atoms with E-state index in [9.17, 15) is 5.11 Å². The maximum atomic E-state index is 10.2. The van der Waals surface area contributed by atoms with Crippen LogP contribution in [0.5, 0.6) is 0 Å². The van der Waals surface area contributed by atoms with Crippen molar-refractivity contribution in [2.75, 3.05) is 13.1 Å². The molecule has 1 saturated carbocycles. The van der Waals surface area contributed by atoms with E-state index in [0.29, 0.717) is 5.92 Å². The van der Waals surface area contributed by atoms with Crippen LogP contribution in [0, 0.1) is 11.8 Å². The van der Waals surface area contributed by atoms with E-state index in [0.717, 1.165) is 31.8 Å². The molecule has 2 heteroatoms. The molecule has 1 aliphatic rings. The summed E-state index contributed by atoms with van der Waals surface area (Å²) in [5.74, 6) is 1.47. The third-order valence-corrected chi connectivity index (χ3v) is 3.21. The molecule has 0 saturated heterocycles. The van der Waals surface area contributed by atoms with Gasteiger partial charge in [-0.05, 0) is 44.1 Å². The quantitative estimate of drug-likeness (QED) is 0.727. The van der Waals surface area contributed by atoms with Gasteiger partial charge in [-0.2, -0.15) is 0 Å². The number of hydrogen-bond donors (Lipinski definition) is 2. The van der Waals surface area contributed by atoms with Crippen LogP contribution in [-0.2, 0) is 0 Å². The first-order valence-electron chi connectivity index (χ1n) is 5.95. The number of aliphatic hydroxyl groups is 1. The predicted molar refractivity (Wildman–Crippen MR) is 60.3 cm³/mol. The van der Waals surface area contributed by atoms with Crippen LogP contribution in [0.2, 0.25) is 0 Å². The van der Waals surface area contributed by atoms with Crippen LogP contribution < -0.4 is 5.32 Å². The summed E-state index contributed by atoms with van der Waals surface area (Å²) in [6.07, 6.45) is 4.30. The molecule has 1 fully saturated rings. The Balaban J connectivity index is 2.21. The fourth-order valence-corrected chi connectivity index (χ4v) is 2.07. The van der Waals surface area contributed by atoms with Gasteiger partial charge in [-0.3, -0.25) is 0 Å².